The Hall–Kier alpha value is -1.63. The van der Waals surface area contributed by atoms with Gasteiger partial charge in [0, 0.05) is 7.05 Å². The number of aromatic nitrogens is 2. The molecule has 1 aromatic heterocycles. The van der Waals surface area contributed by atoms with E-state index >= 15 is 0 Å². The van der Waals surface area contributed by atoms with Crippen molar-refractivity contribution in [3.63, 3.8) is 0 Å². The van der Waals surface area contributed by atoms with Crippen LogP contribution in [0, 0.1) is 0 Å². The van der Waals surface area contributed by atoms with Crippen LogP contribution in [-0.2, 0) is 0 Å². The normalized spacial score (nSPS) is 11.5. The van der Waals surface area contributed by atoms with Crippen molar-refractivity contribution in [1.82, 2.24) is 15.2 Å². The summed E-state index contributed by atoms with van der Waals surface area (Å²) in [7, 11) is 1.55. The van der Waals surface area contributed by atoms with Crippen LogP contribution in [0.5, 0.6) is 0 Å². The number of nitrogens with two attached hydrogens (primary N) is 1. The number of nitrogens with zero attached hydrogens (tertiary/aromatic N) is 3. The van der Waals surface area contributed by atoms with E-state index in [4.69, 9.17) is 10.8 Å². The fourth-order valence-electron chi connectivity index (χ4n) is 0.884. The highest BCUT2D eigenvalue weighted by atomic mass is 16.6. The second kappa shape index (κ2) is 3.85. The van der Waals surface area contributed by atoms with Crippen molar-refractivity contribution >= 4 is 11.7 Å². The third-order valence-electron chi connectivity index (χ3n) is 2.32. The molecule has 0 bridgehead atoms. The van der Waals surface area contributed by atoms with Crippen LogP contribution in [0.15, 0.2) is 4.63 Å². The maximum atomic E-state index is 11.8. The molecule has 1 amide bonds. The van der Waals surface area contributed by atoms with Crippen LogP contribution in [-0.4, -0.2) is 45.4 Å². The predicted molar refractivity (Wildman–Crippen MR) is 52.0 cm³/mol. The average molecular weight is 214 g/mol. The number of rotatable bonds is 3. The van der Waals surface area contributed by atoms with Crippen molar-refractivity contribution in [2.45, 2.75) is 19.4 Å². The summed E-state index contributed by atoms with van der Waals surface area (Å²) in [6, 6.07) is 0. The van der Waals surface area contributed by atoms with Crippen molar-refractivity contribution in [3.8, 4) is 0 Å². The van der Waals surface area contributed by atoms with Gasteiger partial charge in [-0.05, 0) is 24.2 Å². The molecule has 0 radical (unpaired) electrons. The molecule has 7 heteroatoms. The Labute approximate surface area is 86.8 Å². The molecule has 15 heavy (non-hydrogen) atoms. The van der Waals surface area contributed by atoms with Crippen molar-refractivity contribution in [3.05, 3.63) is 5.69 Å². The van der Waals surface area contributed by atoms with E-state index in [-0.39, 0.29) is 18.1 Å². The number of likely N-dealkylation sites (N-methyl/N-ethyl adjacent to an activating group) is 1. The number of nitrogen functional groups attached to an aromatic ring is 1. The summed E-state index contributed by atoms with van der Waals surface area (Å²) in [5.74, 6) is -0.492. The Bertz CT molecular complexity index is 361. The summed E-state index contributed by atoms with van der Waals surface area (Å²) < 4.78 is 4.33. The molecule has 0 aliphatic heterocycles. The fraction of sp³-hybridized carbons (Fsp3) is 0.625. The molecule has 1 aromatic rings. The van der Waals surface area contributed by atoms with Gasteiger partial charge in [-0.2, -0.15) is 0 Å². The van der Waals surface area contributed by atoms with E-state index in [0.717, 1.165) is 0 Å². The van der Waals surface area contributed by atoms with E-state index in [2.05, 4.69) is 14.9 Å². The SMILES string of the molecule is CN(C(=O)c1nonc1N)C(C)(C)CO. The van der Waals surface area contributed by atoms with E-state index in [1.807, 2.05) is 0 Å². The highest BCUT2D eigenvalue weighted by Gasteiger charge is 2.30. The quantitative estimate of drug-likeness (QED) is 0.702. The molecule has 0 unspecified atom stereocenters. The number of aliphatic hydroxyl groups is 1. The highest BCUT2D eigenvalue weighted by molar-refractivity contribution is 5.96. The molecular formula is C8H14N4O3. The predicted octanol–water partition coefficient (Wildman–Crippen LogP) is -0.505. The first kappa shape index (κ1) is 11.4. The average Bonchev–Trinajstić information content (AvgIpc) is 2.62. The third kappa shape index (κ3) is 2.07. The maximum Gasteiger partial charge on any atom is 0.280 e. The van der Waals surface area contributed by atoms with Gasteiger partial charge in [-0.3, -0.25) is 4.79 Å². The highest BCUT2D eigenvalue weighted by Crippen LogP contribution is 2.16. The van der Waals surface area contributed by atoms with Gasteiger partial charge in [0.1, 0.15) is 0 Å². The van der Waals surface area contributed by atoms with Gasteiger partial charge in [-0.1, -0.05) is 0 Å². The summed E-state index contributed by atoms with van der Waals surface area (Å²) in [5.41, 5.74) is 4.65. The molecule has 0 spiro atoms. The molecule has 0 aliphatic rings. The number of anilines is 1. The topological polar surface area (TPSA) is 105 Å². The molecule has 1 rings (SSSR count). The minimum absolute atomic E-state index is 0.0426. The Balaban J connectivity index is 2.92. The first-order chi connectivity index (χ1) is 6.90. The van der Waals surface area contributed by atoms with Gasteiger partial charge in [-0.25, -0.2) is 4.63 Å². The van der Waals surface area contributed by atoms with Crippen molar-refractivity contribution in [2.75, 3.05) is 19.4 Å². The van der Waals surface area contributed by atoms with Gasteiger partial charge in [0.05, 0.1) is 12.1 Å². The van der Waals surface area contributed by atoms with Gasteiger partial charge in [0.2, 0.25) is 11.5 Å². The van der Waals surface area contributed by atoms with Gasteiger partial charge in [-0.15, -0.1) is 0 Å². The lowest BCUT2D eigenvalue weighted by atomic mass is 10.0. The van der Waals surface area contributed by atoms with E-state index in [9.17, 15) is 4.79 Å². The fourth-order valence-corrected chi connectivity index (χ4v) is 0.884. The molecule has 3 N–H and O–H groups in total. The Morgan fingerprint density at radius 2 is 2.20 bits per heavy atom. The van der Waals surface area contributed by atoms with E-state index < -0.39 is 11.4 Å². The monoisotopic (exact) mass is 214 g/mol. The number of carbonyl (C=O) groups is 1. The number of carbonyl (C=O) groups excluding carboxylic acids is 1. The van der Waals surface area contributed by atoms with Crippen LogP contribution in [0.3, 0.4) is 0 Å². The number of amides is 1. The lowest BCUT2D eigenvalue weighted by Crippen LogP contribution is -2.47. The van der Waals surface area contributed by atoms with Gasteiger partial charge in [0.25, 0.3) is 5.91 Å². The van der Waals surface area contributed by atoms with E-state index in [1.54, 1.807) is 20.9 Å². The molecule has 7 nitrogen and oxygen atoms in total. The smallest absolute Gasteiger partial charge is 0.280 e. The standard InChI is InChI=1S/C8H14N4O3/c1-8(2,4-13)12(3)7(14)5-6(9)11-15-10-5/h13H,4H2,1-3H3,(H2,9,11). The minimum Gasteiger partial charge on any atom is -0.394 e. The van der Waals surface area contributed by atoms with Crippen LogP contribution in [0.1, 0.15) is 24.3 Å². The molecular weight excluding hydrogens is 200 g/mol. The first-order valence-electron chi connectivity index (χ1n) is 4.37. The van der Waals surface area contributed by atoms with Crippen molar-refractivity contribution < 1.29 is 14.5 Å². The van der Waals surface area contributed by atoms with Gasteiger partial charge < -0.3 is 15.7 Å². The maximum absolute atomic E-state index is 11.8. The lowest BCUT2D eigenvalue weighted by molar-refractivity contribution is 0.0464. The summed E-state index contributed by atoms with van der Waals surface area (Å²) in [6.45, 7) is 3.27. The molecule has 1 heterocycles. The van der Waals surface area contributed by atoms with Crippen LogP contribution < -0.4 is 5.73 Å². The van der Waals surface area contributed by atoms with Crippen LogP contribution in [0.25, 0.3) is 0 Å². The summed E-state index contributed by atoms with van der Waals surface area (Å²) in [4.78, 5) is 13.1. The van der Waals surface area contributed by atoms with E-state index in [0.29, 0.717) is 0 Å². The number of hydrogen-bond acceptors (Lipinski definition) is 6. The molecule has 0 fully saturated rings. The number of hydrogen-bond donors (Lipinski definition) is 2. The van der Waals surface area contributed by atoms with Crippen molar-refractivity contribution in [1.29, 1.82) is 0 Å². The Kier molecular flexibility index (Phi) is 2.94. The van der Waals surface area contributed by atoms with Crippen LogP contribution in [0.4, 0.5) is 5.82 Å². The lowest BCUT2D eigenvalue weighted by Gasteiger charge is -2.33. The van der Waals surface area contributed by atoms with Crippen LogP contribution >= 0.6 is 0 Å². The summed E-state index contributed by atoms with van der Waals surface area (Å²) >= 11 is 0. The Morgan fingerprint density at radius 3 is 2.60 bits per heavy atom. The molecule has 0 saturated heterocycles. The zero-order valence-corrected chi connectivity index (χ0v) is 8.89. The van der Waals surface area contributed by atoms with E-state index in [1.165, 1.54) is 4.90 Å². The van der Waals surface area contributed by atoms with Crippen LogP contribution in [0.2, 0.25) is 0 Å². The summed E-state index contributed by atoms with van der Waals surface area (Å²) in [5, 5.41) is 15.8. The summed E-state index contributed by atoms with van der Waals surface area (Å²) in [6.07, 6.45) is 0. The molecule has 0 saturated carbocycles. The van der Waals surface area contributed by atoms with Gasteiger partial charge in [0.15, 0.2) is 0 Å². The van der Waals surface area contributed by atoms with Gasteiger partial charge >= 0.3 is 0 Å². The molecule has 0 aromatic carbocycles. The minimum atomic E-state index is -0.692. The Morgan fingerprint density at radius 1 is 1.60 bits per heavy atom. The molecule has 0 aliphatic carbocycles. The first-order valence-corrected chi connectivity index (χ1v) is 4.37. The second-order valence-corrected chi connectivity index (χ2v) is 3.83. The third-order valence-corrected chi connectivity index (χ3v) is 2.32. The van der Waals surface area contributed by atoms with Crippen molar-refractivity contribution in [2.24, 2.45) is 0 Å². The number of aliphatic hydroxyl groups excluding tert-OH is 1. The molecule has 84 valence electrons. The second-order valence-electron chi connectivity index (χ2n) is 3.83. The molecule has 0 atom stereocenters. The zero-order valence-electron chi connectivity index (χ0n) is 8.89. The largest absolute Gasteiger partial charge is 0.394 e. The zero-order chi connectivity index (χ0) is 11.6.